The summed E-state index contributed by atoms with van der Waals surface area (Å²) < 4.78 is 2.79. The van der Waals surface area contributed by atoms with Crippen LogP contribution in [0.3, 0.4) is 0 Å². The van der Waals surface area contributed by atoms with Gasteiger partial charge in [0, 0.05) is 20.2 Å². The van der Waals surface area contributed by atoms with E-state index < -0.39 is 0 Å². The van der Waals surface area contributed by atoms with Crippen LogP contribution in [0.5, 0.6) is 0 Å². The molecule has 0 amide bonds. The van der Waals surface area contributed by atoms with Crippen molar-refractivity contribution in [2.45, 2.75) is 6.42 Å². The minimum atomic E-state index is 1.06. The van der Waals surface area contributed by atoms with Gasteiger partial charge in [0.05, 0.1) is 0 Å². The molecule has 0 bridgehead atoms. The number of fused-ring (bicyclic) bond motifs is 8. The summed E-state index contributed by atoms with van der Waals surface area (Å²) >= 11 is 1.91. The number of benzene rings is 4. The summed E-state index contributed by atoms with van der Waals surface area (Å²) in [6.07, 6.45) is 1.06. The van der Waals surface area contributed by atoms with Gasteiger partial charge in [0.2, 0.25) is 0 Å². The van der Waals surface area contributed by atoms with Crippen molar-refractivity contribution in [2.75, 3.05) is 0 Å². The van der Waals surface area contributed by atoms with Gasteiger partial charge in [0.25, 0.3) is 0 Å². The first-order valence-corrected chi connectivity index (χ1v) is 9.15. The summed E-state index contributed by atoms with van der Waals surface area (Å²) in [7, 11) is 0. The van der Waals surface area contributed by atoms with Crippen molar-refractivity contribution in [2.24, 2.45) is 0 Å². The van der Waals surface area contributed by atoms with E-state index in [9.17, 15) is 0 Å². The number of rotatable bonds is 0. The molecule has 1 aliphatic carbocycles. The topological polar surface area (TPSA) is 0 Å². The Balaban J connectivity index is 1.76. The van der Waals surface area contributed by atoms with Crippen LogP contribution >= 0.6 is 11.3 Å². The quantitative estimate of drug-likeness (QED) is 0.289. The Morgan fingerprint density at radius 3 is 2.42 bits per heavy atom. The lowest BCUT2D eigenvalue weighted by atomic mass is 9.97. The summed E-state index contributed by atoms with van der Waals surface area (Å²) in [5.41, 5.74) is 5.81. The lowest BCUT2D eigenvalue weighted by Crippen LogP contribution is -1.81. The van der Waals surface area contributed by atoms with Gasteiger partial charge in [-0.05, 0) is 57.6 Å². The van der Waals surface area contributed by atoms with E-state index in [1.165, 1.54) is 53.2 Å². The van der Waals surface area contributed by atoms with Crippen LogP contribution in [0.15, 0.2) is 72.8 Å². The van der Waals surface area contributed by atoms with Crippen molar-refractivity contribution < 1.29 is 0 Å². The van der Waals surface area contributed by atoms with Crippen LogP contribution in [0.2, 0.25) is 0 Å². The Morgan fingerprint density at radius 1 is 0.625 bits per heavy atom. The van der Waals surface area contributed by atoms with Gasteiger partial charge in [-0.3, -0.25) is 0 Å². The van der Waals surface area contributed by atoms with Gasteiger partial charge < -0.3 is 0 Å². The Hall–Kier alpha value is -2.64. The van der Waals surface area contributed by atoms with Crippen LogP contribution < -0.4 is 0 Å². The third kappa shape index (κ3) is 1.58. The normalized spacial score (nSPS) is 12.8. The van der Waals surface area contributed by atoms with Crippen molar-refractivity contribution in [3.63, 3.8) is 0 Å². The van der Waals surface area contributed by atoms with E-state index >= 15 is 0 Å². The molecule has 0 aliphatic heterocycles. The van der Waals surface area contributed by atoms with Gasteiger partial charge in [0.15, 0.2) is 0 Å². The molecule has 0 unspecified atom stereocenters. The molecule has 5 aromatic rings. The summed E-state index contributed by atoms with van der Waals surface area (Å²) in [5.74, 6) is 0. The summed E-state index contributed by atoms with van der Waals surface area (Å²) in [6.45, 7) is 0. The lowest BCUT2D eigenvalue weighted by Gasteiger charge is -2.07. The van der Waals surface area contributed by atoms with Gasteiger partial charge >= 0.3 is 0 Å². The van der Waals surface area contributed by atoms with Crippen LogP contribution in [0.1, 0.15) is 11.1 Å². The smallest absolute Gasteiger partial charge is 0.0358 e. The molecular weight excluding hydrogens is 308 g/mol. The minimum Gasteiger partial charge on any atom is -0.135 e. The van der Waals surface area contributed by atoms with Gasteiger partial charge in [-0.25, -0.2) is 0 Å². The van der Waals surface area contributed by atoms with E-state index in [-0.39, 0.29) is 0 Å². The third-order valence-electron chi connectivity index (χ3n) is 5.27. The highest BCUT2D eigenvalue weighted by molar-refractivity contribution is 7.25. The maximum absolute atomic E-state index is 2.43. The second kappa shape index (κ2) is 4.46. The molecule has 1 aromatic heterocycles. The molecule has 0 fully saturated rings. The molecule has 4 aromatic carbocycles. The molecule has 0 nitrogen and oxygen atoms in total. The predicted molar refractivity (Wildman–Crippen MR) is 105 cm³/mol. The maximum Gasteiger partial charge on any atom is 0.0358 e. The van der Waals surface area contributed by atoms with E-state index in [1.807, 2.05) is 11.3 Å². The molecular formula is C23H14S. The molecule has 1 aliphatic rings. The van der Waals surface area contributed by atoms with Crippen LogP contribution in [-0.2, 0) is 6.42 Å². The van der Waals surface area contributed by atoms with Gasteiger partial charge in [-0.2, -0.15) is 0 Å². The number of thiophene rings is 1. The Labute approximate surface area is 144 Å². The average Bonchev–Trinajstić information content (AvgIpc) is 3.17. The van der Waals surface area contributed by atoms with E-state index in [0.29, 0.717) is 0 Å². The molecule has 6 rings (SSSR count). The molecule has 0 saturated heterocycles. The molecule has 0 saturated carbocycles. The minimum absolute atomic E-state index is 1.06. The fraction of sp³-hybridized carbons (Fsp3) is 0.0435. The van der Waals surface area contributed by atoms with E-state index in [0.717, 1.165) is 6.42 Å². The SMILES string of the molecule is c1ccc2c3c(ccc2c1)Cc1cc2sc4ccccc4c2cc1-3. The fourth-order valence-corrected chi connectivity index (χ4v) is 5.33. The van der Waals surface area contributed by atoms with Crippen LogP contribution in [0.25, 0.3) is 42.1 Å². The molecule has 0 spiro atoms. The van der Waals surface area contributed by atoms with Crippen LogP contribution in [-0.4, -0.2) is 0 Å². The maximum atomic E-state index is 2.43. The summed E-state index contributed by atoms with van der Waals surface area (Å²) in [5, 5.41) is 5.50. The van der Waals surface area contributed by atoms with Gasteiger partial charge in [-0.15, -0.1) is 11.3 Å². The average molecular weight is 322 g/mol. The highest BCUT2D eigenvalue weighted by atomic mass is 32.1. The van der Waals surface area contributed by atoms with Crippen molar-refractivity contribution >= 4 is 42.3 Å². The number of hydrogen-bond donors (Lipinski definition) is 0. The fourth-order valence-electron chi connectivity index (χ4n) is 4.18. The molecule has 112 valence electrons. The first-order valence-electron chi connectivity index (χ1n) is 8.34. The molecule has 1 heteroatoms. The first-order chi connectivity index (χ1) is 11.9. The van der Waals surface area contributed by atoms with E-state index in [1.54, 1.807) is 0 Å². The van der Waals surface area contributed by atoms with Crippen molar-refractivity contribution in [3.8, 4) is 11.1 Å². The zero-order valence-corrected chi connectivity index (χ0v) is 13.9. The molecule has 0 radical (unpaired) electrons. The predicted octanol–water partition coefficient (Wildman–Crippen LogP) is 6.78. The second-order valence-electron chi connectivity index (χ2n) is 6.60. The third-order valence-corrected chi connectivity index (χ3v) is 6.40. The Bertz CT molecular complexity index is 1270. The van der Waals surface area contributed by atoms with Crippen LogP contribution in [0, 0.1) is 0 Å². The van der Waals surface area contributed by atoms with Gasteiger partial charge in [-0.1, -0.05) is 54.6 Å². The summed E-state index contributed by atoms with van der Waals surface area (Å²) in [4.78, 5) is 0. The zero-order valence-electron chi connectivity index (χ0n) is 13.0. The highest BCUT2D eigenvalue weighted by Gasteiger charge is 2.22. The Kier molecular flexibility index (Phi) is 2.37. The number of hydrogen-bond acceptors (Lipinski definition) is 1. The first kappa shape index (κ1) is 12.7. The summed E-state index contributed by atoms with van der Waals surface area (Å²) in [6, 6.07) is 26.9. The molecule has 1 heterocycles. The molecule has 0 N–H and O–H groups in total. The van der Waals surface area contributed by atoms with Crippen molar-refractivity contribution in [1.82, 2.24) is 0 Å². The van der Waals surface area contributed by atoms with E-state index in [4.69, 9.17) is 0 Å². The largest absolute Gasteiger partial charge is 0.135 e. The highest BCUT2D eigenvalue weighted by Crippen LogP contribution is 2.45. The lowest BCUT2D eigenvalue weighted by molar-refractivity contribution is 1.27. The second-order valence-corrected chi connectivity index (χ2v) is 7.69. The Morgan fingerprint density at radius 2 is 1.46 bits per heavy atom. The van der Waals surface area contributed by atoms with Gasteiger partial charge in [0.1, 0.15) is 0 Å². The van der Waals surface area contributed by atoms with Crippen molar-refractivity contribution in [1.29, 1.82) is 0 Å². The zero-order chi connectivity index (χ0) is 15.7. The molecule has 0 atom stereocenters. The monoisotopic (exact) mass is 322 g/mol. The standard InChI is InChI=1S/C23H14S/c1-2-6-17-14(5-1)9-10-15-11-16-12-22-20(13-19(16)23(15)17)18-7-3-4-8-21(18)24-22/h1-10,12-13H,11H2. The van der Waals surface area contributed by atoms with E-state index in [2.05, 4.69) is 72.8 Å². The van der Waals surface area contributed by atoms with Crippen LogP contribution in [0.4, 0.5) is 0 Å². The van der Waals surface area contributed by atoms with Crippen molar-refractivity contribution in [3.05, 3.63) is 83.9 Å². The molecule has 24 heavy (non-hydrogen) atoms.